The van der Waals surface area contributed by atoms with E-state index in [1.807, 2.05) is 61.5 Å². The van der Waals surface area contributed by atoms with Crippen LogP contribution in [0.3, 0.4) is 0 Å². The molecule has 0 bridgehead atoms. The third kappa shape index (κ3) is 3.03. The first kappa shape index (κ1) is 13.6. The number of benzene rings is 2. The number of nitrogens with zero attached hydrogens (tertiary/aromatic N) is 1. The van der Waals surface area contributed by atoms with Gasteiger partial charge in [-0.2, -0.15) is 0 Å². The van der Waals surface area contributed by atoms with Crippen LogP contribution < -0.4 is 4.74 Å². The molecule has 106 valence electrons. The normalized spacial score (nSPS) is 12.3. The number of aliphatic hydroxyl groups excluding tert-OH is 1. The second-order valence-corrected chi connectivity index (χ2v) is 4.96. The Kier molecular flexibility index (Phi) is 3.84. The Labute approximate surface area is 123 Å². The molecule has 1 heterocycles. The fraction of sp³-hybridized carbons (Fsp3) is 0.167. The maximum Gasteiger partial charge on any atom is 0.146 e. The Morgan fingerprint density at radius 2 is 1.81 bits per heavy atom. The van der Waals surface area contributed by atoms with E-state index in [2.05, 4.69) is 4.98 Å². The molecule has 0 saturated carbocycles. The Hall–Kier alpha value is -2.39. The molecule has 0 radical (unpaired) electrons. The minimum atomic E-state index is -0.415. The van der Waals surface area contributed by atoms with Gasteiger partial charge in [-0.1, -0.05) is 37.3 Å². The number of hydrogen-bond acceptors (Lipinski definition) is 3. The predicted octanol–water partition coefficient (Wildman–Crippen LogP) is 4.47. The standard InChI is InChI=1S/C18H17NO2/c1-2-18(20)13-7-9-15(10-8-13)21-16-11-14-5-3-4-6-17(14)19-12-16/h3-12,18,20H,2H2,1H3/t18-/m1/s1. The van der Waals surface area contributed by atoms with Crippen LogP contribution in [0.2, 0.25) is 0 Å². The lowest BCUT2D eigenvalue weighted by atomic mass is 10.1. The molecular formula is C18H17NO2. The van der Waals surface area contributed by atoms with Gasteiger partial charge in [0.1, 0.15) is 11.5 Å². The van der Waals surface area contributed by atoms with Gasteiger partial charge in [-0.05, 0) is 36.2 Å². The van der Waals surface area contributed by atoms with Crippen LogP contribution in [0, 0.1) is 0 Å². The second-order valence-electron chi connectivity index (χ2n) is 4.96. The number of para-hydroxylation sites is 1. The highest BCUT2D eigenvalue weighted by atomic mass is 16.5. The minimum absolute atomic E-state index is 0.415. The van der Waals surface area contributed by atoms with Crippen LogP contribution in [0.4, 0.5) is 0 Å². The van der Waals surface area contributed by atoms with Crippen LogP contribution in [0.25, 0.3) is 10.9 Å². The average molecular weight is 279 g/mol. The monoisotopic (exact) mass is 279 g/mol. The molecule has 0 unspecified atom stereocenters. The molecule has 3 nitrogen and oxygen atoms in total. The summed E-state index contributed by atoms with van der Waals surface area (Å²) in [4.78, 5) is 4.37. The number of hydrogen-bond donors (Lipinski definition) is 1. The molecule has 1 atom stereocenters. The Morgan fingerprint density at radius 1 is 1.05 bits per heavy atom. The molecule has 0 aliphatic carbocycles. The Bertz CT molecular complexity index is 738. The Morgan fingerprint density at radius 3 is 2.57 bits per heavy atom. The van der Waals surface area contributed by atoms with E-state index in [1.165, 1.54) is 0 Å². The SMILES string of the molecule is CC[C@@H](O)c1ccc(Oc2cnc3ccccc3c2)cc1. The molecule has 3 heteroatoms. The Balaban J connectivity index is 1.81. The maximum absolute atomic E-state index is 9.78. The van der Waals surface area contributed by atoms with E-state index in [0.717, 1.165) is 22.2 Å². The highest BCUT2D eigenvalue weighted by molar-refractivity contribution is 5.79. The predicted molar refractivity (Wildman–Crippen MR) is 83.5 cm³/mol. The molecule has 0 fully saturated rings. The van der Waals surface area contributed by atoms with Crippen molar-refractivity contribution in [2.24, 2.45) is 0 Å². The highest BCUT2D eigenvalue weighted by Crippen LogP contribution is 2.26. The van der Waals surface area contributed by atoms with Gasteiger partial charge in [0, 0.05) is 5.39 Å². The van der Waals surface area contributed by atoms with Crippen LogP contribution in [0.15, 0.2) is 60.8 Å². The number of ether oxygens (including phenoxy) is 1. The molecule has 2 aromatic carbocycles. The molecule has 1 N–H and O–H groups in total. The fourth-order valence-electron chi connectivity index (χ4n) is 2.24. The molecule has 0 aliphatic rings. The van der Waals surface area contributed by atoms with Crippen molar-refractivity contribution < 1.29 is 9.84 Å². The molecule has 3 aromatic rings. The van der Waals surface area contributed by atoms with E-state index in [9.17, 15) is 5.11 Å². The van der Waals surface area contributed by atoms with Crippen molar-refractivity contribution in [3.05, 3.63) is 66.4 Å². The van der Waals surface area contributed by atoms with E-state index in [0.29, 0.717) is 12.2 Å². The first-order valence-electron chi connectivity index (χ1n) is 7.07. The molecule has 3 rings (SSSR count). The summed E-state index contributed by atoms with van der Waals surface area (Å²) in [5.41, 5.74) is 1.85. The van der Waals surface area contributed by atoms with Crippen molar-refractivity contribution in [1.82, 2.24) is 4.98 Å². The summed E-state index contributed by atoms with van der Waals surface area (Å²) < 4.78 is 5.81. The molecule has 1 aromatic heterocycles. The third-order valence-electron chi connectivity index (χ3n) is 3.45. The lowest BCUT2D eigenvalue weighted by molar-refractivity contribution is 0.173. The van der Waals surface area contributed by atoms with Crippen LogP contribution >= 0.6 is 0 Å². The zero-order valence-corrected chi connectivity index (χ0v) is 11.9. The van der Waals surface area contributed by atoms with Crippen LogP contribution in [0.5, 0.6) is 11.5 Å². The van der Waals surface area contributed by atoms with Gasteiger partial charge in [-0.25, -0.2) is 0 Å². The molecule has 21 heavy (non-hydrogen) atoms. The van der Waals surface area contributed by atoms with Gasteiger partial charge in [0.15, 0.2) is 0 Å². The van der Waals surface area contributed by atoms with Gasteiger partial charge in [-0.3, -0.25) is 4.98 Å². The average Bonchev–Trinajstić information content (AvgIpc) is 2.55. The van der Waals surface area contributed by atoms with Crippen LogP contribution in [-0.2, 0) is 0 Å². The summed E-state index contributed by atoms with van der Waals surface area (Å²) in [6, 6.07) is 17.4. The first-order chi connectivity index (χ1) is 10.3. The largest absolute Gasteiger partial charge is 0.456 e. The summed E-state index contributed by atoms with van der Waals surface area (Å²) in [6.07, 6.45) is 2.01. The second kappa shape index (κ2) is 5.94. The topological polar surface area (TPSA) is 42.4 Å². The number of pyridine rings is 1. The van der Waals surface area contributed by atoms with Gasteiger partial charge < -0.3 is 9.84 Å². The van der Waals surface area contributed by atoms with Crippen molar-refractivity contribution in [2.75, 3.05) is 0 Å². The van der Waals surface area contributed by atoms with Gasteiger partial charge in [-0.15, -0.1) is 0 Å². The minimum Gasteiger partial charge on any atom is -0.456 e. The summed E-state index contributed by atoms with van der Waals surface area (Å²) >= 11 is 0. The van der Waals surface area contributed by atoms with Crippen molar-refractivity contribution in [3.8, 4) is 11.5 Å². The number of rotatable bonds is 4. The van der Waals surface area contributed by atoms with E-state index < -0.39 is 6.10 Å². The first-order valence-corrected chi connectivity index (χ1v) is 7.07. The molecule has 0 spiro atoms. The van der Waals surface area contributed by atoms with E-state index in [1.54, 1.807) is 6.20 Å². The molecule has 0 amide bonds. The molecule has 0 aliphatic heterocycles. The zero-order chi connectivity index (χ0) is 14.7. The smallest absolute Gasteiger partial charge is 0.146 e. The number of fused-ring (bicyclic) bond motifs is 1. The summed E-state index contributed by atoms with van der Waals surface area (Å²) in [5, 5.41) is 10.8. The number of aliphatic hydroxyl groups is 1. The van der Waals surface area contributed by atoms with E-state index in [4.69, 9.17) is 4.74 Å². The highest BCUT2D eigenvalue weighted by Gasteiger charge is 2.05. The van der Waals surface area contributed by atoms with Crippen LogP contribution in [0.1, 0.15) is 25.0 Å². The number of aromatic nitrogens is 1. The maximum atomic E-state index is 9.78. The van der Waals surface area contributed by atoms with Gasteiger partial charge in [0.2, 0.25) is 0 Å². The lowest BCUT2D eigenvalue weighted by Crippen LogP contribution is -1.94. The van der Waals surface area contributed by atoms with Crippen molar-refractivity contribution in [3.63, 3.8) is 0 Å². The van der Waals surface area contributed by atoms with E-state index >= 15 is 0 Å². The summed E-state index contributed by atoms with van der Waals surface area (Å²) in [7, 11) is 0. The summed E-state index contributed by atoms with van der Waals surface area (Å²) in [6.45, 7) is 1.95. The quantitative estimate of drug-likeness (QED) is 0.766. The van der Waals surface area contributed by atoms with Crippen LogP contribution in [-0.4, -0.2) is 10.1 Å². The summed E-state index contributed by atoms with van der Waals surface area (Å²) in [5.74, 6) is 1.44. The van der Waals surface area contributed by atoms with Gasteiger partial charge in [0.05, 0.1) is 17.8 Å². The third-order valence-corrected chi connectivity index (χ3v) is 3.45. The molecular weight excluding hydrogens is 262 g/mol. The van der Waals surface area contributed by atoms with Crippen molar-refractivity contribution >= 4 is 10.9 Å². The van der Waals surface area contributed by atoms with Gasteiger partial charge in [0.25, 0.3) is 0 Å². The van der Waals surface area contributed by atoms with Gasteiger partial charge >= 0.3 is 0 Å². The fourth-order valence-corrected chi connectivity index (χ4v) is 2.24. The van der Waals surface area contributed by atoms with E-state index in [-0.39, 0.29) is 0 Å². The van der Waals surface area contributed by atoms with Crippen molar-refractivity contribution in [1.29, 1.82) is 0 Å². The molecule has 0 saturated heterocycles. The zero-order valence-electron chi connectivity index (χ0n) is 11.9. The lowest BCUT2D eigenvalue weighted by Gasteiger charge is -2.10. The van der Waals surface area contributed by atoms with Crippen molar-refractivity contribution in [2.45, 2.75) is 19.4 Å².